The second-order valence-electron chi connectivity index (χ2n) is 3.02. The summed E-state index contributed by atoms with van der Waals surface area (Å²) >= 11 is 3.09. The first-order valence-corrected chi connectivity index (χ1v) is 6.81. The van der Waals surface area contributed by atoms with E-state index in [-0.39, 0.29) is 5.78 Å². The van der Waals surface area contributed by atoms with Gasteiger partial charge in [0.05, 0.1) is 9.91 Å². The molecule has 1 rings (SSSR count). The first-order chi connectivity index (χ1) is 7.17. The molecular formula is C11H15NOS2. The van der Waals surface area contributed by atoms with Crippen LogP contribution in [0.4, 0.5) is 0 Å². The van der Waals surface area contributed by atoms with Crippen LogP contribution < -0.4 is 5.32 Å². The van der Waals surface area contributed by atoms with Gasteiger partial charge in [0, 0.05) is 17.5 Å². The first kappa shape index (κ1) is 12.3. The quantitative estimate of drug-likeness (QED) is 0.634. The molecule has 1 aromatic rings. The number of carbonyl (C=O) groups is 1. The molecule has 0 amide bonds. The Kier molecular flexibility index (Phi) is 4.91. The third kappa shape index (κ3) is 3.72. The summed E-state index contributed by atoms with van der Waals surface area (Å²) in [7, 11) is 0. The fraction of sp³-hybridized carbons (Fsp3) is 0.364. The van der Waals surface area contributed by atoms with E-state index in [4.69, 9.17) is 0 Å². The van der Waals surface area contributed by atoms with Gasteiger partial charge < -0.3 is 5.32 Å². The first-order valence-electron chi connectivity index (χ1n) is 4.77. The molecule has 0 aliphatic heterocycles. The molecule has 0 bridgehead atoms. The Labute approximate surface area is 98.8 Å². The lowest BCUT2D eigenvalue weighted by atomic mass is 10.3. The van der Waals surface area contributed by atoms with Crippen molar-refractivity contribution in [1.82, 2.24) is 5.32 Å². The van der Waals surface area contributed by atoms with Gasteiger partial charge in [-0.3, -0.25) is 4.79 Å². The average Bonchev–Trinajstić information content (AvgIpc) is 2.64. The Bertz CT molecular complexity index is 368. The van der Waals surface area contributed by atoms with Crippen LogP contribution in [-0.4, -0.2) is 18.6 Å². The van der Waals surface area contributed by atoms with Crippen molar-refractivity contribution in [3.8, 4) is 0 Å². The number of hydrogen-bond donors (Lipinski definition) is 1. The number of aryl methyl sites for hydroxylation is 1. The van der Waals surface area contributed by atoms with Crippen LogP contribution in [-0.2, 0) is 0 Å². The zero-order valence-electron chi connectivity index (χ0n) is 9.16. The van der Waals surface area contributed by atoms with Crippen molar-refractivity contribution in [2.24, 2.45) is 0 Å². The Morgan fingerprint density at radius 1 is 1.60 bits per heavy atom. The lowest BCUT2D eigenvalue weighted by Gasteiger charge is -2.03. The van der Waals surface area contributed by atoms with Gasteiger partial charge in [-0.05, 0) is 32.2 Å². The molecule has 0 atom stereocenters. The molecule has 15 heavy (non-hydrogen) atoms. The molecule has 0 spiro atoms. The summed E-state index contributed by atoms with van der Waals surface area (Å²) in [6.07, 6.45) is 3.63. The molecule has 0 saturated carbocycles. The Morgan fingerprint density at radius 2 is 2.33 bits per heavy atom. The molecule has 1 heterocycles. The summed E-state index contributed by atoms with van der Waals surface area (Å²) < 4.78 is 0. The fourth-order valence-electron chi connectivity index (χ4n) is 1.11. The number of thioether (sulfide) groups is 1. The predicted octanol–water partition coefficient (Wildman–Crippen LogP) is 3.05. The Hall–Kier alpha value is -0.740. The standard InChI is InChI=1S/C11H15NOS2/c1-4-12-11(14-3)7-9(13)10-6-5-8(2)15-10/h5-7,12H,4H2,1-3H3/b11-7+. The normalized spacial score (nSPS) is 11.5. The maximum absolute atomic E-state index is 11.8. The number of allylic oxidation sites excluding steroid dienone is 1. The third-order valence-corrected chi connectivity index (χ3v) is 3.53. The highest BCUT2D eigenvalue weighted by atomic mass is 32.2. The molecule has 1 N–H and O–H groups in total. The second-order valence-corrected chi connectivity index (χ2v) is 5.15. The summed E-state index contributed by atoms with van der Waals surface area (Å²) in [6.45, 7) is 4.86. The van der Waals surface area contributed by atoms with E-state index in [1.165, 1.54) is 16.2 Å². The highest BCUT2D eigenvalue weighted by Crippen LogP contribution is 2.17. The molecule has 0 saturated heterocycles. The van der Waals surface area contributed by atoms with Crippen LogP contribution in [0.25, 0.3) is 0 Å². The van der Waals surface area contributed by atoms with Crippen molar-refractivity contribution in [2.45, 2.75) is 13.8 Å². The minimum absolute atomic E-state index is 0.0819. The van der Waals surface area contributed by atoms with Gasteiger partial charge in [0.2, 0.25) is 0 Å². The molecule has 0 unspecified atom stereocenters. The summed E-state index contributed by atoms with van der Waals surface area (Å²) in [5, 5.41) is 4.07. The van der Waals surface area contributed by atoms with Crippen molar-refractivity contribution in [3.63, 3.8) is 0 Å². The van der Waals surface area contributed by atoms with E-state index in [0.29, 0.717) is 0 Å². The van der Waals surface area contributed by atoms with E-state index in [1.807, 2.05) is 32.2 Å². The van der Waals surface area contributed by atoms with E-state index in [1.54, 1.807) is 17.8 Å². The smallest absolute Gasteiger partial charge is 0.198 e. The number of thiophene rings is 1. The van der Waals surface area contributed by atoms with Crippen molar-refractivity contribution in [2.75, 3.05) is 12.8 Å². The van der Waals surface area contributed by atoms with Gasteiger partial charge in [-0.2, -0.15) is 0 Å². The largest absolute Gasteiger partial charge is 0.380 e. The van der Waals surface area contributed by atoms with Gasteiger partial charge in [-0.25, -0.2) is 0 Å². The zero-order chi connectivity index (χ0) is 11.3. The van der Waals surface area contributed by atoms with Crippen LogP contribution >= 0.6 is 23.1 Å². The van der Waals surface area contributed by atoms with Crippen LogP contribution in [0.2, 0.25) is 0 Å². The molecule has 4 heteroatoms. The topological polar surface area (TPSA) is 29.1 Å². The number of rotatable bonds is 5. The van der Waals surface area contributed by atoms with Crippen LogP contribution in [0, 0.1) is 6.92 Å². The minimum atomic E-state index is 0.0819. The van der Waals surface area contributed by atoms with Gasteiger partial charge in [0.15, 0.2) is 5.78 Å². The number of carbonyl (C=O) groups excluding carboxylic acids is 1. The molecule has 0 aliphatic rings. The SMILES string of the molecule is CCN/C(=C\C(=O)c1ccc(C)s1)SC. The Balaban J connectivity index is 2.76. The van der Waals surface area contributed by atoms with E-state index in [2.05, 4.69) is 5.32 Å². The van der Waals surface area contributed by atoms with E-state index < -0.39 is 0 Å². The summed E-state index contributed by atoms with van der Waals surface area (Å²) in [6, 6.07) is 3.85. The zero-order valence-corrected chi connectivity index (χ0v) is 10.8. The van der Waals surface area contributed by atoms with Crippen LogP contribution in [0.1, 0.15) is 21.5 Å². The maximum Gasteiger partial charge on any atom is 0.198 e. The molecule has 0 fully saturated rings. The third-order valence-electron chi connectivity index (χ3n) is 1.82. The van der Waals surface area contributed by atoms with Gasteiger partial charge in [-0.1, -0.05) is 0 Å². The average molecular weight is 241 g/mol. The fourth-order valence-corrected chi connectivity index (χ4v) is 2.41. The molecule has 0 aliphatic carbocycles. The van der Waals surface area contributed by atoms with Crippen molar-refractivity contribution >= 4 is 28.9 Å². The van der Waals surface area contributed by atoms with Gasteiger partial charge in [0.1, 0.15) is 0 Å². The van der Waals surface area contributed by atoms with Gasteiger partial charge in [-0.15, -0.1) is 23.1 Å². The van der Waals surface area contributed by atoms with E-state index >= 15 is 0 Å². The van der Waals surface area contributed by atoms with Crippen molar-refractivity contribution in [3.05, 3.63) is 33.0 Å². The number of ketones is 1. The highest BCUT2D eigenvalue weighted by molar-refractivity contribution is 8.02. The summed E-state index contributed by atoms with van der Waals surface area (Å²) in [5.74, 6) is 0.0819. The van der Waals surface area contributed by atoms with Gasteiger partial charge >= 0.3 is 0 Å². The van der Waals surface area contributed by atoms with Crippen LogP contribution in [0.3, 0.4) is 0 Å². The summed E-state index contributed by atoms with van der Waals surface area (Å²) in [5.41, 5.74) is 0. The number of hydrogen-bond acceptors (Lipinski definition) is 4. The number of nitrogens with one attached hydrogen (secondary N) is 1. The summed E-state index contributed by atoms with van der Waals surface area (Å²) in [4.78, 5) is 13.8. The lowest BCUT2D eigenvalue weighted by molar-refractivity contribution is 0.105. The Morgan fingerprint density at radius 3 is 2.80 bits per heavy atom. The molecule has 82 valence electrons. The van der Waals surface area contributed by atoms with Crippen LogP contribution in [0.15, 0.2) is 23.2 Å². The molecule has 1 aromatic heterocycles. The van der Waals surface area contributed by atoms with Gasteiger partial charge in [0.25, 0.3) is 0 Å². The minimum Gasteiger partial charge on any atom is -0.380 e. The highest BCUT2D eigenvalue weighted by Gasteiger charge is 2.06. The van der Waals surface area contributed by atoms with E-state index in [9.17, 15) is 4.79 Å². The lowest BCUT2D eigenvalue weighted by Crippen LogP contribution is -2.10. The van der Waals surface area contributed by atoms with Crippen molar-refractivity contribution < 1.29 is 4.79 Å². The van der Waals surface area contributed by atoms with E-state index in [0.717, 1.165) is 16.5 Å². The molecule has 0 radical (unpaired) electrons. The monoisotopic (exact) mass is 241 g/mol. The molecular weight excluding hydrogens is 226 g/mol. The predicted molar refractivity (Wildman–Crippen MR) is 68.7 cm³/mol. The molecule has 0 aromatic carbocycles. The van der Waals surface area contributed by atoms with Crippen LogP contribution in [0.5, 0.6) is 0 Å². The maximum atomic E-state index is 11.8. The van der Waals surface area contributed by atoms with Crippen molar-refractivity contribution in [1.29, 1.82) is 0 Å². The molecule has 2 nitrogen and oxygen atoms in total. The second kappa shape index (κ2) is 5.98.